The maximum Gasteiger partial charge on any atom is 0.334 e. The van der Waals surface area contributed by atoms with Crippen LogP contribution in [0.4, 0.5) is 0 Å². The second kappa shape index (κ2) is 10.4. The van der Waals surface area contributed by atoms with Crippen LogP contribution in [0.3, 0.4) is 0 Å². The SMILES string of the molecule is O=C1C=C(OC(c2ccccc2)(c2ccccc2)c2ccccc2)C[C@H](CCc2ccccc2)O1. The number of carbonyl (C=O) groups is 1. The Morgan fingerprint density at radius 3 is 1.63 bits per heavy atom. The lowest BCUT2D eigenvalue weighted by Gasteiger charge is -2.38. The molecule has 5 rings (SSSR count). The second-order valence-corrected chi connectivity index (χ2v) is 8.78. The number of carbonyl (C=O) groups excluding carboxylic acids is 1. The van der Waals surface area contributed by atoms with Crippen molar-refractivity contribution in [3.05, 3.63) is 155 Å². The molecule has 0 aliphatic carbocycles. The van der Waals surface area contributed by atoms with Crippen molar-refractivity contribution in [2.24, 2.45) is 0 Å². The zero-order chi connectivity index (χ0) is 23.9. The maximum absolute atomic E-state index is 12.6. The number of benzene rings is 4. The van der Waals surface area contributed by atoms with Gasteiger partial charge >= 0.3 is 5.97 Å². The molecule has 0 spiro atoms. The fraction of sp³-hybridized carbons (Fsp3) is 0.156. The Labute approximate surface area is 206 Å². The third-order valence-corrected chi connectivity index (χ3v) is 6.41. The zero-order valence-electron chi connectivity index (χ0n) is 19.5. The van der Waals surface area contributed by atoms with Crippen molar-refractivity contribution in [1.29, 1.82) is 0 Å². The normalized spacial score (nSPS) is 15.7. The lowest BCUT2D eigenvalue weighted by molar-refractivity contribution is -0.146. The summed E-state index contributed by atoms with van der Waals surface area (Å²) in [4.78, 5) is 12.6. The predicted octanol–water partition coefficient (Wildman–Crippen LogP) is 6.83. The Morgan fingerprint density at radius 1 is 0.686 bits per heavy atom. The number of hydrogen-bond donors (Lipinski definition) is 0. The van der Waals surface area contributed by atoms with Gasteiger partial charge < -0.3 is 9.47 Å². The van der Waals surface area contributed by atoms with Gasteiger partial charge in [0, 0.05) is 23.1 Å². The summed E-state index contributed by atoms with van der Waals surface area (Å²) in [6.45, 7) is 0. The molecule has 0 aromatic heterocycles. The van der Waals surface area contributed by atoms with Gasteiger partial charge in [0.25, 0.3) is 0 Å². The third-order valence-electron chi connectivity index (χ3n) is 6.41. The van der Waals surface area contributed by atoms with E-state index in [0.29, 0.717) is 12.2 Å². The maximum atomic E-state index is 12.6. The Hall–Kier alpha value is -4.11. The van der Waals surface area contributed by atoms with Crippen molar-refractivity contribution in [1.82, 2.24) is 0 Å². The first-order valence-corrected chi connectivity index (χ1v) is 12.0. The Balaban J connectivity index is 1.52. The third kappa shape index (κ3) is 5.04. The Morgan fingerprint density at radius 2 is 1.14 bits per heavy atom. The highest BCUT2D eigenvalue weighted by atomic mass is 16.6. The van der Waals surface area contributed by atoms with E-state index in [4.69, 9.17) is 9.47 Å². The lowest BCUT2D eigenvalue weighted by atomic mass is 9.80. The van der Waals surface area contributed by atoms with Crippen LogP contribution in [-0.4, -0.2) is 12.1 Å². The molecule has 35 heavy (non-hydrogen) atoms. The number of esters is 1. The summed E-state index contributed by atoms with van der Waals surface area (Å²) in [7, 11) is 0. The van der Waals surface area contributed by atoms with Crippen LogP contribution in [0, 0.1) is 0 Å². The standard InChI is InChI=1S/C32H28O3/c33-31-24-30(23-29(34-31)22-21-25-13-5-1-6-14-25)35-32(26-15-7-2-8-16-26,27-17-9-3-10-18-27)28-19-11-4-12-20-28/h1-20,24,29H,21-23H2/t29-/m0/s1. The van der Waals surface area contributed by atoms with Gasteiger partial charge in [-0.15, -0.1) is 0 Å². The van der Waals surface area contributed by atoms with E-state index in [2.05, 4.69) is 48.5 Å². The summed E-state index contributed by atoms with van der Waals surface area (Å²) >= 11 is 0. The summed E-state index contributed by atoms with van der Waals surface area (Å²) in [5.74, 6) is 0.281. The van der Waals surface area contributed by atoms with E-state index < -0.39 is 5.60 Å². The monoisotopic (exact) mass is 460 g/mol. The van der Waals surface area contributed by atoms with Gasteiger partial charge in [0.15, 0.2) is 5.60 Å². The molecule has 0 saturated carbocycles. The fourth-order valence-electron chi connectivity index (χ4n) is 4.75. The van der Waals surface area contributed by atoms with Crippen LogP contribution in [0.5, 0.6) is 0 Å². The van der Waals surface area contributed by atoms with Gasteiger partial charge in [-0.05, 0) is 18.4 Å². The van der Waals surface area contributed by atoms with E-state index in [1.54, 1.807) is 0 Å². The highest BCUT2D eigenvalue weighted by molar-refractivity contribution is 5.83. The lowest BCUT2D eigenvalue weighted by Crippen LogP contribution is -2.35. The van der Waals surface area contributed by atoms with Crippen molar-refractivity contribution in [3.63, 3.8) is 0 Å². The molecular weight excluding hydrogens is 432 g/mol. The molecule has 0 unspecified atom stereocenters. The van der Waals surface area contributed by atoms with Crippen molar-refractivity contribution >= 4 is 5.97 Å². The molecule has 1 heterocycles. The van der Waals surface area contributed by atoms with Crippen LogP contribution < -0.4 is 0 Å². The number of cyclic esters (lactones) is 1. The molecule has 174 valence electrons. The molecule has 0 fully saturated rings. The second-order valence-electron chi connectivity index (χ2n) is 8.78. The number of ether oxygens (including phenoxy) is 2. The summed E-state index contributed by atoms with van der Waals surface area (Å²) in [6, 6.07) is 40.9. The average Bonchev–Trinajstić information content (AvgIpc) is 2.92. The fourth-order valence-corrected chi connectivity index (χ4v) is 4.75. The van der Waals surface area contributed by atoms with Crippen molar-refractivity contribution in [2.45, 2.75) is 31.0 Å². The molecule has 0 bridgehead atoms. The van der Waals surface area contributed by atoms with E-state index in [1.165, 1.54) is 11.6 Å². The Bertz CT molecular complexity index is 1170. The molecule has 4 aromatic carbocycles. The van der Waals surface area contributed by atoms with Crippen LogP contribution >= 0.6 is 0 Å². The number of rotatable bonds is 8. The summed E-state index contributed by atoms with van der Waals surface area (Å²) in [5.41, 5.74) is 3.32. The molecule has 4 aromatic rings. The molecule has 0 amide bonds. The average molecular weight is 461 g/mol. The van der Waals surface area contributed by atoms with Gasteiger partial charge in [0.05, 0.1) is 6.08 Å². The summed E-state index contributed by atoms with van der Waals surface area (Å²) < 4.78 is 12.6. The molecule has 0 N–H and O–H groups in total. The first kappa shape index (κ1) is 22.7. The first-order valence-electron chi connectivity index (χ1n) is 12.0. The van der Waals surface area contributed by atoms with Gasteiger partial charge in [-0.1, -0.05) is 121 Å². The summed E-state index contributed by atoms with van der Waals surface area (Å²) in [6.07, 6.45) is 3.39. The molecule has 0 saturated heterocycles. The predicted molar refractivity (Wildman–Crippen MR) is 138 cm³/mol. The largest absolute Gasteiger partial charge is 0.477 e. The quantitative estimate of drug-likeness (QED) is 0.214. The highest BCUT2D eigenvalue weighted by Crippen LogP contribution is 2.43. The van der Waals surface area contributed by atoms with Crippen LogP contribution in [0.1, 0.15) is 35.1 Å². The zero-order valence-corrected chi connectivity index (χ0v) is 19.5. The highest BCUT2D eigenvalue weighted by Gasteiger charge is 2.40. The summed E-state index contributed by atoms with van der Waals surface area (Å²) in [5, 5.41) is 0. The van der Waals surface area contributed by atoms with Crippen molar-refractivity contribution in [3.8, 4) is 0 Å². The van der Waals surface area contributed by atoms with Gasteiger partial charge in [0.1, 0.15) is 11.9 Å². The number of aryl methyl sites for hydroxylation is 1. The first-order chi connectivity index (χ1) is 17.2. The van der Waals surface area contributed by atoms with Crippen LogP contribution in [-0.2, 0) is 26.3 Å². The van der Waals surface area contributed by atoms with Gasteiger partial charge in [0.2, 0.25) is 0 Å². The minimum Gasteiger partial charge on any atom is -0.477 e. The van der Waals surface area contributed by atoms with Crippen LogP contribution in [0.25, 0.3) is 0 Å². The molecule has 1 atom stereocenters. The molecule has 1 aliphatic rings. The van der Waals surface area contributed by atoms with Crippen LogP contribution in [0.2, 0.25) is 0 Å². The minimum absolute atomic E-state index is 0.234. The van der Waals surface area contributed by atoms with E-state index >= 15 is 0 Å². The van der Waals surface area contributed by atoms with Crippen molar-refractivity contribution in [2.75, 3.05) is 0 Å². The van der Waals surface area contributed by atoms with Gasteiger partial charge in [-0.3, -0.25) is 0 Å². The molecule has 1 aliphatic heterocycles. The number of hydrogen-bond acceptors (Lipinski definition) is 3. The molecule has 3 nitrogen and oxygen atoms in total. The smallest absolute Gasteiger partial charge is 0.334 e. The molecule has 0 radical (unpaired) electrons. The van der Waals surface area contributed by atoms with Gasteiger partial charge in [-0.2, -0.15) is 0 Å². The molecule has 3 heteroatoms. The minimum atomic E-state index is -0.906. The van der Waals surface area contributed by atoms with E-state index in [9.17, 15) is 4.79 Å². The Kier molecular flexibility index (Phi) is 6.76. The van der Waals surface area contributed by atoms with E-state index in [1.807, 2.05) is 72.8 Å². The molecular formula is C32H28O3. The van der Waals surface area contributed by atoms with E-state index in [-0.39, 0.29) is 12.1 Å². The van der Waals surface area contributed by atoms with E-state index in [0.717, 1.165) is 29.5 Å². The van der Waals surface area contributed by atoms with Gasteiger partial charge in [-0.25, -0.2) is 4.79 Å². The van der Waals surface area contributed by atoms with Crippen LogP contribution in [0.15, 0.2) is 133 Å². The van der Waals surface area contributed by atoms with Crippen molar-refractivity contribution < 1.29 is 14.3 Å². The topological polar surface area (TPSA) is 35.5 Å².